The number of benzene rings is 2. The van der Waals surface area contributed by atoms with E-state index in [1.165, 1.54) is 22.7 Å². The van der Waals surface area contributed by atoms with E-state index in [0.29, 0.717) is 81.5 Å². The van der Waals surface area contributed by atoms with Gasteiger partial charge in [0.05, 0.1) is 11.4 Å². The molecule has 0 fully saturated rings. The molecule has 380 valence electrons. The van der Waals surface area contributed by atoms with Crippen molar-refractivity contribution in [2.45, 2.75) is 65.2 Å². The molecule has 4 aromatic heterocycles. The molecule has 0 saturated heterocycles. The largest absolute Gasteiger partial charge is 0.351 e. The minimum atomic E-state index is -0.430. The van der Waals surface area contributed by atoms with Crippen LogP contribution in [0, 0.1) is 0 Å². The quantitative estimate of drug-likeness (QED) is 0.0411. The van der Waals surface area contributed by atoms with Crippen LogP contribution in [0.25, 0.3) is 11.1 Å². The zero-order chi connectivity index (χ0) is 52.0. The molecule has 0 aliphatic heterocycles. The second kappa shape index (κ2) is 23.0. The summed E-state index contributed by atoms with van der Waals surface area (Å²) in [6.07, 6.45) is 6.22. The van der Waals surface area contributed by atoms with Crippen LogP contribution in [0.4, 0.5) is 21.6 Å². The van der Waals surface area contributed by atoms with Crippen molar-refractivity contribution >= 4 is 79.8 Å². The number of aromatic nitrogens is 4. The summed E-state index contributed by atoms with van der Waals surface area (Å²) in [6.45, 7) is 10.6. The van der Waals surface area contributed by atoms with Crippen LogP contribution in [0.3, 0.4) is 0 Å². The second-order valence-corrected chi connectivity index (χ2v) is 21.2. The normalized spacial score (nSPS) is 12.0. The van der Waals surface area contributed by atoms with Gasteiger partial charge in [-0.15, -0.1) is 22.7 Å². The summed E-state index contributed by atoms with van der Waals surface area (Å²) in [6, 6.07) is 14.3. The minimum Gasteiger partial charge on any atom is -0.351 e. The van der Waals surface area contributed by atoms with Gasteiger partial charge < -0.3 is 40.2 Å². The highest BCUT2D eigenvalue weighted by atomic mass is 32.1. The summed E-state index contributed by atoms with van der Waals surface area (Å²) in [7, 11) is 11.3. The number of anilines is 4. The van der Waals surface area contributed by atoms with E-state index in [-0.39, 0.29) is 35.5 Å². The highest BCUT2D eigenvalue weighted by Crippen LogP contribution is 2.36. The van der Waals surface area contributed by atoms with Gasteiger partial charge in [0.15, 0.2) is 10.3 Å². The highest BCUT2D eigenvalue weighted by Gasteiger charge is 2.26. The number of hydrogen-bond acceptors (Lipinski definition) is 12. The van der Waals surface area contributed by atoms with E-state index >= 15 is 0 Å². The first kappa shape index (κ1) is 52.8. The van der Waals surface area contributed by atoms with E-state index in [4.69, 9.17) is 0 Å². The maximum atomic E-state index is 13.6. The van der Waals surface area contributed by atoms with Crippen LogP contribution in [0.1, 0.15) is 136 Å². The Balaban J connectivity index is 0.951. The van der Waals surface area contributed by atoms with Crippen LogP contribution in [-0.2, 0) is 26.9 Å². The maximum Gasteiger partial charge on any atom is 0.274 e. The maximum absolute atomic E-state index is 13.6. The molecule has 72 heavy (non-hydrogen) atoms. The molecular weight excluding hydrogens is 953 g/mol. The van der Waals surface area contributed by atoms with Gasteiger partial charge in [-0.25, -0.2) is 9.97 Å². The molecule has 6 N–H and O–H groups in total. The second-order valence-electron chi connectivity index (χ2n) is 19.1. The highest BCUT2D eigenvalue weighted by molar-refractivity contribution is 7.16. The van der Waals surface area contributed by atoms with E-state index in [9.17, 15) is 28.8 Å². The summed E-state index contributed by atoms with van der Waals surface area (Å²) in [5, 5.41) is 18.0. The smallest absolute Gasteiger partial charge is 0.274 e. The molecule has 2 aromatic carbocycles. The number of aryl methyl sites for hydroxylation is 4. The molecule has 0 unspecified atom stereocenters. The number of rotatable bonds is 20. The summed E-state index contributed by atoms with van der Waals surface area (Å²) >= 11 is 2.54. The monoisotopic (exact) mass is 1020 g/mol. The van der Waals surface area contributed by atoms with Crippen LogP contribution in [-0.4, -0.2) is 119 Å². The zero-order valence-corrected chi connectivity index (χ0v) is 44.2. The first-order valence-electron chi connectivity index (χ1n) is 24.0. The average Bonchev–Trinajstić information content (AvgIpc) is 4.13. The number of nitrogens with one attached hydrogen (secondary N) is 6. The molecule has 1 aliphatic rings. The molecule has 0 saturated carbocycles. The zero-order valence-electron chi connectivity index (χ0n) is 42.5. The lowest BCUT2D eigenvalue weighted by atomic mass is 9.84. The Morgan fingerprint density at radius 2 is 0.944 bits per heavy atom. The molecule has 6 amide bonds. The third-order valence-electron chi connectivity index (χ3n) is 12.0. The Bertz CT molecular complexity index is 2810. The summed E-state index contributed by atoms with van der Waals surface area (Å²) in [5.41, 5.74) is 6.93. The SMILES string of the molecule is CC(C)c1sc(NC(=O)c2cc(NC(=O)c3ccc4c(c3)CCc3cc(C(=O)Nc5cc(C(=O)Nc6nc(C(=O)NCCCN(C)C)c(C(C)C)s6)n(C)c5)ccc3-4)cn2C)nc1C(=O)NCCCN(C)C. The first-order chi connectivity index (χ1) is 34.3. The predicted molar refractivity (Wildman–Crippen MR) is 285 cm³/mol. The van der Waals surface area contributed by atoms with Gasteiger partial charge >= 0.3 is 0 Å². The Morgan fingerprint density at radius 1 is 0.556 bits per heavy atom. The Morgan fingerprint density at radius 3 is 1.31 bits per heavy atom. The third kappa shape index (κ3) is 12.7. The van der Waals surface area contributed by atoms with Gasteiger partial charge in [0.1, 0.15) is 22.8 Å². The van der Waals surface area contributed by atoms with Crippen molar-refractivity contribution in [3.63, 3.8) is 0 Å². The van der Waals surface area contributed by atoms with E-state index < -0.39 is 11.8 Å². The van der Waals surface area contributed by atoms with Gasteiger partial charge in [-0.3, -0.25) is 39.4 Å². The third-order valence-corrected chi connectivity index (χ3v) is 14.6. The number of fused-ring (bicyclic) bond motifs is 3. The molecule has 0 bridgehead atoms. The fourth-order valence-electron chi connectivity index (χ4n) is 8.37. The standard InChI is InChI=1S/C52H64N12O6S2/c1-29(2)43-41(49(69)53-19-11-21-61(5)6)57-51(71-43)59-47(67)39-25-35(27-63(39)9)55-45(65)33-15-17-37-31(23-33)13-14-32-24-34(16-18-38(32)37)46(66)56-36-26-40(64(10)28-36)48(68)60-52-58-42(44(72-52)30(3)4)50(70)54-20-12-22-62(7)8/h15-18,23-30H,11-14,19-22H2,1-10H3,(H,53,69)(H,54,70)(H,55,65)(H,56,66)(H,57,59,67)(H,58,60,68). The molecule has 0 atom stereocenters. The van der Waals surface area contributed by atoms with Gasteiger partial charge in [-0.2, -0.15) is 0 Å². The van der Waals surface area contributed by atoms with Crippen LogP contribution in [0.2, 0.25) is 0 Å². The van der Waals surface area contributed by atoms with Crippen LogP contribution >= 0.6 is 22.7 Å². The number of thiazole rings is 2. The van der Waals surface area contributed by atoms with E-state index in [1.807, 2.05) is 80.2 Å². The molecule has 4 heterocycles. The lowest BCUT2D eigenvalue weighted by Crippen LogP contribution is -2.28. The average molecular weight is 1020 g/mol. The van der Waals surface area contributed by atoms with Crippen LogP contribution in [0.5, 0.6) is 0 Å². The number of amides is 6. The van der Waals surface area contributed by atoms with E-state index in [2.05, 4.69) is 51.7 Å². The number of nitrogens with zero attached hydrogens (tertiary/aromatic N) is 6. The first-order valence-corrected chi connectivity index (χ1v) is 25.6. The summed E-state index contributed by atoms with van der Waals surface area (Å²) in [5.74, 6) is -2.03. The molecule has 7 rings (SSSR count). The molecular formula is C52H64N12O6S2. The van der Waals surface area contributed by atoms with Gasteiger partial charge in [-0.1, -0.05) is 39.8 Å². The Hall–Kier alpha value is -7.00. The van der Waals surface area contributed by atoms with Crippen LogP contribution in [0.15, 0.2) is 60.9 Å². The molecule has 0 radical (unpaired) electrons. The van der Waals surface area contributed by atoms with Crippen molar-refractivity contribution in [2.24, 2.45) is 14.1 Å². The topological polar surface area (TPSA) is 217 Å². The van der Waals surface area contributed by atoms with Crippen molar-refractivity contribution in [3.8, 4) is 11.1 Å². The van der Waals surface area contributed by atoms with E-state index in [1.54, 1.807) is 59.9 Å². The van der Waals surface area contributed by atoms with E-state index in [0.717, 1.165) is 57.9 Å². The molecule has 1 aliphatic carbocycles. The molecule has 18 nitrogen and oxygen atoms in total. The molecule has 0 spiro atoms. The van der Waals surface area contributed by atoms with Crippen LogP contribution < -0.4 is 31.9 Å². The Labute approximate surface area is 428 Å². The van der Waals surface area contributed by atoms with Gasteiger partial charge in [0.25, 0.3) is 35.4 Å². The fourth-order valence-corrected chi connectivity index (χ4v) is 10.3. The minimum absolute atomic E-state index is 0.0233. The lowest BCUT2D eigenvalue weighted by Gasteiger charge is -2.21. The number of hydrogen-bond donors (Lipinski definition) is 6. The molecule has 20 heteroatoms. The van der Waals surface area contributed by atoms with Crippen molar-refractivity contribution in [1.82, 2.24) is 39.5 Å². The van der Waals surface area contributed by atoms with Crippen molar-refractivity contribution in [2.75, 3.05) is 75.6 Å². The predicted octanol–water partition coefficient (Wildman–Crippen LogP) is 7.66. The van der Waals surface area contributed by atoms with Crippen molar-refractivity contribution in [3.05, 3.63) is 116 Å². The van der Waals surface area contributed by atoms with Crippen molar-refractivity contribution in [1.29, 1.82) is 0 Å². The Kier molecular flexibility index (Phi) is 16.9. The fraction of sp³-hybridized carbons (Fsp3) is 0.385. The number of carbonyl (C=O) groups excluding carboxylic acids is 6. The van der Waals surface area contributed by atoms with Gasteiger partial charge in [0, 0.05) is 60.5 Å². The lowest BCUT2D eigenvalue weighted by molar-refractivity contribution is 0.0938. The van der Waals surface area contributed by atoms with Gasteiger partial charge in [-0.05, 0) is 137 Å². The number of carbonyl (C=O) groups is 6. The summed E-state index contributed by atoms with van der Waals surface area (Å²) in [4.78, 5) is 94.8. The van der Waals surface area contributed by atoms with Gasteiger partial charge in [0.2, 0.25) is 0 Å². The molecule has 6 aromatic rings. The van der Waals surface area contributed by atoms with Crippen molar-refractivity contribution < 1.29 is 28.8 Å². The summed E-state index contributed by atoms with van der Waals surface area (Å²) < 4.78 is 3.24.